The Bertz CT molecular complexity index is 987. The summed E-state index contributed by atoms with van der Waals surface area (Å²) in [6, 6.07) is 7.91. The molecule has 3 aromatic rings. The van der Waals surface area contributed by atoms with Gasteiger partial charge in [-0.15, -0.1) is 10.2 Å². The van der Waals surface area contributed by atoms with Gasteiger partial charge >= 0.3 is 5.97 Å². The molecule has 0 saturated heterocycles. The average Bonchev–Trinajstić information content (AvgIpc) is 3.04. The van der Waals surface area contributed by atoms with E-state index in [0.717, 1.165) is 29.3 Å². The van der Waals surface area contributed by atoms with Gasteiger partial charge in [-0.3, -0.25) is 4.79 Å². The third-order valence-electron chi connectivity index (χ3n) is 5.67. The lowest BCUT2D eigenvalue weighted by Crippen LogP contribution is -2.36. The van der Waals surface area contributed by atoms with E-state index in [4.69, 9.17) is 4.74 Å². The van der Waals surface area contributed by atoms with Gasteiger partial charge in [0.25, 0.3) is 0 Å². The minimum atomic E-state index is -0.199. The van der Waals surface area contributed by atoms with Crippen molar-refractivity contribution in [3.63, 3.8) is 0 Å². The van der Waals surface area contributed by atoms with Gasteiger partial charge in [-0.2, -0.15) is 0 Å². The highest BCUT2D eigenvalue weighted by atomic mass is 32.2. The fourth-order valence-corrected chi connectivity index (χ4v) is 4.71. The molecule has 2 heterocycles. The van der Waals surface area contributed by atoms with Crippen molar-refractivity contribution in [2.45, 2.75) is 51.3 Å². The number of rotatable bonds is 5. The Balaban J connectivity index is 1.40. The van der Waals surface area contributed by atoms with Crippen molar-refractivity contribution < 1.29 is 9.53 Å². The smallest absolute Gasteiger partial charge is 0.316 e. The number of nitrogens with zero attached hydrogens (tertiary/aromatic N) is 3. The van der Waals surface area contributed by atoms with Crippen LogP contribution in [0.1, 0.15) is 40.0 Å². The highest BCUT2D eigenvalue weighted by molar-refractivity contribution is 7.99. The number of fused-ring (bicyclic) bond motifs is 3. The van der Waals surface area contributed by atoms with Crippen LogP contribution in [0.5, 0.6) is 0 Å². The second-order valence-corrected chi connectivity index (χ2v) is 9.05. The summed E-state index contributed by atoms with van der Waals surface area (Å²) in [6.45, 7) is 6.66. The van der Waals surface area contributed by atoms with Crippen molar-refractivity contribution in [3.05, 3.63) is 24.3 Å². The van der Waals surface area contributed by atoms with E-state index in [2.05, 4.69) is 40.9 Å². The Morgan fingerprint density at radius 1 is 1.29 bits per heavy atom. The molecule has 1 saturated carbocycles. The number of ether oxygens (including phenoxy) is 1. The molecule has 0 radical (unpaired) electrons. The number of benzene rings is 1. The maximum absolute atomic E-state index is 12.4. The molecule has 1 N–H and O–H groups in total. The Labute approximate surface area is 168 Å². The monoisotopic (exact) mass is 398 g/mol. The SMILES string of the molecule is CC(C)[C@H]1CC[C@@H](C)C[C@H]1OC(=O)CSc1nnc2c(n1)[nH]c1ccccc12. The first kappa shape index (κ1) is 19.2. The van der Waals surface area contributed by atoms with Crippen molar-refractivity contribution in [1.29, 1.82) is 0 Å². The van der Waals surface area contributed by atoms with Crippen molar-refractivity contribution >= 4 is 39.8 Å². The summed E-state index contributed by atoms with van der Waals surface area (Å²) in [5, 5.41) is 9.95. The largest absolute Gasteiger partial charge is 0.461 e. The number of aromatic nitrogens is 4. The van der Waals surface area contributed by atoms with Crippen LogP contribution in [0.25, 0.3) is 22.1 Å². The second-order valence-electron chi connectivity index (χ2n) is 8.11. The summed E-state index contributed by atoms with van der Waals surface area (Å²) in [5.74, 6) is 1.58. The summed E-state index contributed by atoms with van der Waals surface area (Å²) >= 11 is 1.27. The Morgan fingerprint density at radius 3 is 2.93 bits per heavy atom. The average molecular weight is 399 g/mol. The summed E-state index contributed by atoms with van der Waals surface area (Å²) < 4.78 is 5.85. The number of esters is 1. The summed E-state index contributed by atoms with van der Waals surface area (Å²) in [7, 11) is 0. The van der Waals surface area contributed by atoms with Crippen LogP contribution in [0.3, 0.4) is 0 Å². The number of thioether (sulfide) groups is 1. The van der Waals surface area contributed by atoms with E-state index in [1.165, 1.54) is 18.2 Å². The van der Waals surface area contributed by atoms with Crippen molar-refractivity contribution in [3.8, 4) is 0 Å². The van der Waals surface area contributed by atoms with Crippen LogP contribution in [0.4, 0.5) is 0 Å². The zero-order chi connectivity index (χ0) is 19.7. The molecule has 1 fully saturated rings. The standard InChI is InChI=1S/C21H26N4O2S/c1-12(2)14-9-8-13(3)10-17(14)27-18(26)11-28-21-23-20-19(24-25-21)15-6-4-5-7-16(15)22-20/h4-7,12-14,17H,8-11H2,1-3H3,(H,22,23,25)/t13-,14-,17-/m1/s1. The van der Waals surface area contributed by atoms with Crippen LogP contribution >= 0.6 is 11.8 Å². The molecule has 1 aromatic carbocycles. The van der Waals surface area contributed by atoms with Crippen LogP contribution in [-0.2, 0) is 9.53 Å². The number of carbonyl (C=O) groups is 1. The molecule has 1 aliphatic carbocycles. The van der Waals surface area contributed by atoms with Crippen molar-refractivity contribution in [2.24, 2.45) is 17.8 Å². The van der Waals surface area contributed by atoms with Crippen molar-refractivity contribution in [1.82, 2.24) is 20.2 Å². The van der Waals surface area contributed by atoms with E-state index < -0.39 is 0 Å². The molecule has 1 aliphatic rings. The molecule has 4 rings (SSSR count). The first-order chi connectivity index (χ1) is 13.5. The minimum absolute atomic E-state index is 0.0204. The molecular weight excluding hydrogens is 372 g/mol. The molecule has 148 valence electrons. The highest BCUT2D eigenvalue weighted by Crippen LogP contribution is 2.35. The predicted molar refractivity (Wildman–Crippen MR) is 111 cm³/mol. The Morgan fingerprint density at radius 2 is 2.11 bits per heavy atom. The molecule has 3 atom stereocenters. The molecule has 0 amide bonds. The van der Waals surface area contributed by atoms with E-state index in [-0.39, 0.29) is 17.8 Å². The Kier molecular flexibility index (Phi) is 5.53. The molecule has 2 aromatic heterocycles. The maximum Gasteiger partial charge on any atom is 0.316 e. The summed E-state index contributed by atoms with van der Waals surface area (Å²) in [6.07, 6.45) is 3.33. The fraction of sp³-hybridized carbons (Fsp3) is 0.524. The van der Waals surface area contributed by atoms with Gasteiger partial charge < -0.3 is 9.72 Å². The number of carbonyl (C=O) groups excluding carboxylic acids is 1. The first-order valence-electron chi connectivity index (χ1n) is 9.94. The van der Waals surface area contributed by atoms with Crippen LogP contribution in [0, 0.1) is 17.8 Å². The number of H-pyrrole nitrogens is 1. The quantitative estimate of drug-likeness (QED) is 0.500. The number of hydrogen-bond acceptors (Lipinski definition) is 6. The number of nitrogens with one attached hydrogen (secondary N) is 1. The van der Waals surface area contributed by atoms with Gasteiger partial charge in [-0.1, -0.05) is 57.2 Å². The molecule has 6 nitrogen and oxygen atoms in total. The van der Waals surface area contributed by atoms with Crippen LogP contribution in [0.2, 0.25) is 0 Å². The maximum atomic E-state index is 12.4. The number of para-hydroxylation sites is 1. The molecular formula is C21H26N4O2S. The first-order valence-corrected chi connectivity index (χ1v) is 10.9. The molecule has 0 bridgehead atoms. The summed E-state index contributed by atoms with van der Waals surface area (Å²) in [4.78, 5) is 20.2. The minimum Gasteiger partial charge on any atom is -0.461 e. The van der Waals surface area contributed by atoms with Gasteiger partial charge in [0, 0.05) is 10.9 Å². The van der Waals surface area contributed by atoms with Gasteiger partial charge in [0.05, 0.1) is 5.75 Å². The summed E-state index contributed by atoms with van der Waals surface area (Å²) in [5.41, 5.74) is 2.42. The van der Waals surface area contributed by atoms with E-state index in [0.29, 0.717) is 28.6 Å². The predicted octanol–water partition coefficient (Wildman–Crippen LogP) is 4.60. The van der Waals surface area contributed by atoms with Crippen LogP contribution in [0.15, 0.2) is 29.4 Å². The van der Waals surface area contributed by atoms with Gasteiger partial charge in [0.15, 0.2) is 5.65 Å². The fourth-order valence-electron chi connectivity index (χ4n) is 4.14. The van der Waals surface area contributed by atoms with Gasteiger partial charge in [-0.25, -0.2) is 4.98 Å². The Hall–Kier alpha value is -2.15. The van der Waals surface area contributed by atoms with E-state index in [9.17, 15) is 4.79 Å². The number of aromatic amines is 1. The van der Waals surface area contributed by atoms with Gasteiger partial charge in [0.1, 0.15) is 11.6 Å². The van der Waals surface area contributed by atoms with Crippen LogP contribution in [-0.4, -0.2) is 38.0 Å². The third kappa shape index (κ3) is 3.99. The third-order valence-corrected chi connectivity index (χ3v) is 6.48. The lowest BCUT2D eigenvalue weighted by molar-refractivity contribution is -0.152. The molecule has 28 heavy (non-hydrogen) atoms. The normalized spacial score (nSPS) is 22.8. The molecule has 0 unspecified atom stereocenters. The highest BCUT2D eigenvalue weighted by Gasteiger charge is 2.33. The van der Waals surface area contributed by atoms with Gasteiger partial charge in [0.2, 0.25) is 5.16 Å². The lowest BCUT2D eigenvalue weighted by Gasteiger charge is -2.36. The second kappa shape index (κ2) is 8.07. The zero-order valence-electron chi connectivity index (χ0n) is 16.5. The molecule has 0 aliphatic heterocycles. The zero-order valence-corrected chi connectivity index (χ0v) is 17.3. The number of hydrogen-bond donors (Lipinski definition) is 1. The van der Waals surface area contributed by atoms with E-state index in [1.807, 2.05) is 24.3 Å². The lowest BCUT2D eigenvalue weighted by atomic mass is 9.75. The van der Waals surface area contributed by atoms with Crippen LogP contribution < -0.4 is 0 Å². The van der Waals surface area contributed by atoms with Crippen molar-refractivity contribution in [2.75, 3.05) is 5.75 Å². The van der Waals surface area contributed by atoms with Gasteiger partial charge in [-0.05, 0) is 36.7 Å². The topological polar surface area (TPSA) is 80.8 Å². The van der Waals surface area contributed by atoms with E-state index in [1.54, 1.807) is 0 Å². The van der Waals surface area contributed by atoms with E-state index >= 15 is 0 Å². The molecule has 7 heteroatoms. The molecule has 0 spiro atoms.